The summed E-state index contributed by atoms with van der Waals surface area (Å²) in [7, 11) is 1.61. The van der Waals surface area contributed by atoms with E-state index in [2.05, 4.69) is 26.8 Å². The van der Waals surface area contributed by atoms with E-state index >= 15 is 0 Å². The van der Waals surface area contributed by atoms with Crippen molar-refractivity contribution in [1.29, 1.82) is 5.26 Å². The van der Waals surface area contributed by atoms with Gasteiger partial charge in [-0.05, 0) is 68.7 Å². The molecule has 0 unspecified atom stereocenters. The fourth-order valence-corrected chi connectivity index (χ4v) is 5.82. The first-order valence-corrected chi connectivity index (χ1v) is 11.2. The van der Waals surface area contributed by atoms with E-state index in [0.717, 1.165) is 49.0 Å². The lowest BCUT2D eigenvalue weighted by Crippen LogP contribution is -2.34. The topological polar surface area (TPSA) is 112 Å². The standard InChI is InChI=1S/C25H26N6O2/c1-16(32)11-24-5-7-25(15-24,8-6-24)30-20-10-21(28-14-19(20)23(33)27-2)22-4-3-18-9-17(12-26)13-29-31(18)22/h3-4,9-10,13-14H,5-8,11,15H2,1-2H3,(H,27,33)(H,28,30). The zero-order chi connectivity index (χ0) is 23.2. The number of aromatic nitrogens is 3. The Kier molecular flexibility index (Phi) is 4.93. The van der Waals surface area contributed by atoms with Gasteiger partial charge in [0, 0.05) is 25.2 Å². The molecule has 0 atom stereocenters. The molecule has 2 saturated carbocycles. The van der Waals surface area contributed by atoms with Crippen molar-refractivity contribution < 1.29 is 9.59 Å². The molecule has 2 aliphatic carbocycles. The normalized spacial score (nSPS) is 23.4. The molecule has 5 rings (SSSR count). The second kappa shape index (κ2) is 7.69. The molecular formula is C25H26N6O2. The molecule has 2 fully saturated rings. The Hall–Kier alpha value is -3.73. The van der Waals surface area contributed by atoms with Crippen LogP contribution in [0.4, 0.5) is 5.69 Å². The average Bonchev–Trinajstić information content (AvgIpc) is 3.48. The smallest absolute Gasteiger partial charge is 0.254 e. The van der Waals surface area contributed by atoms with Gasteiger partial charge in [-0.15, -0.1) is 0 Å². The van der Waals surface area contributed by atoms with Gasteiger partial charge in [-0.1, -0.05) is 0 Å². The monoisotopic (exact) mass is 442 g/mol. The molecule has 0 saturated heterocycles. The minimum atomic E-state index is -0.198. The summed E-state index contributed by atoms with van der Waals surface area (Å²) in [6, 6.07) is 9.60. The number of ketones is 1. The van der Waals surface area contributed by atoms with Crippen LogP contribution in [0.1, 0.15) is 61.4 Å². The number of anilines is 1. The Bertz CT molecular complexity index is 1310. The van der Waals surface area contributed by atoms with Gasteiger partial charge in [0.05, 0.1) is 39.9 Å². The minimum absolute atomic E-state index is 0.0853. The predicted molar refractivity (Wildman–Crippen MR) is 124 cm³/mol. The molecule has 168 valence electrons. The van der Waals surface area contributed by atoms with Crippen LogP contribution >= 0.6 is 0 Å². The Morgan fingerprint density at radius 1 is 1.18 bits per heavy atom. The highest BCUT2D eigenvalue weighted by molar-refractivity contribution is 6.00. The number of nitriles is 1. The van der Waals surface area contributed by atoms with Crippen molar-refractivity contribution in [2.45, 2.75) is 51.0 Å². The first-order valence-electron chi connectivity index (χ1n) is 11.2. The number of fused-ring (bicyclic) bond motifs is 3. The number of hydrogen-bond acceptors (Lipinski definition) is 6. The number of hydrogen-bond donors (Lipinski definition) is 2. The van der Waals surface area contributed by atoms with Gasteiger partial charge in [0.1, 0.15) is 11.9 Å². The summed E-state index contributed by atoms with van der Waals surface area (Å²) in [6.45, 7) is 1.68. The highest BCUT2D eigenvalue weighted by Gasteiger charge is 2.54. The van der Waals surface area contributed by atoms with E-state index in [-0.39, 0.29) is 22.6 Å². The van der Waals surface area contributed by atoms with Gasteiger partial charge < -0.3 is 15.4 Å². The van der Waals surface area contributed by atoms with Gasteiger partial charge in [-0.3, -0.25) is 9.78 Å². The quantitative estimate of drug-likeness (QED) is 0.602. The molecule has 2 aliphatic rings. The molecule has 8 nitrogen and oxygen atoms in total. The van der Waals surface area contributed by atoms with Crippen LogP contribution in [0.25, 0.3) is 16.9 Å². The predicted octanol–water partition coefficient (Wildman–Crippen LogP) is 3.72. The lowest BCUT2D eigenvalue weighted by molar-refractivity contribution is -0.119. The van der Waals surface area contributed by atoms with Crippen LogP contribution in [-0.4, -0.2) is 38.9 Å². The molecule has 2 bridgehead atoms. The zero-order valence-corrected chi connectivity index (χ0v) is 18.8. The number of Topliss-reactive ketones (excluding diaryl/α,β-unsaturated/α-hetero) is 1. The summed E-state index contributed by atoms with van der Waals surface area (Å²) in [4.78, 5) is 29.0. The molecule has 3 aromatic rings. The Labute approximate surface area is 192 Å². The summed E-state index contributed by atoms with van der Waals surface area (Å²) in [5.74, 6) is 0.0489. The summed E-state index contributed by atoms with van der Waals surface area (Å²) in [5.41, 5.74) is 3.96. The van der Waals surface area contributed by atoms with Gasteiger partial charge in [0.25, 0.3) is 5.91 Å². The molecule has 1 amide bonds. The Balaban J connectivity index is 1.52. The van der Waals surface area contributed by atoms with Crippen LogP contribution in [0, 0.1) is 16.7 Å². The van der Waals surface area contributed by atoms with E-state index < -0.39 is 0 Å². The second-order valence-corrected chi connectivity index (χ2v) is 9.57. The third-order valence-electron chi connectivity index (χ3n) is 7.27. The molecule has 0 spiro atoms. The third-order valence-corrected chi connectivity index (χ3v) is 7.27. The fourth-order valence-electron chi connectivity index (χ4n) is 5.82. The van der Waals surface area contributed by atoms with Crippen molar-refractivity contribution in [1.82, 2.24) is 19.9 Å². The van der Waals surface area contributed by atoms with Crippen molar-refractivity contribution in [2.24, 2.45) is 5.41 Å². The largest absolute Gasteiger partial charge is 0.379 e. The van der Waals surface area contributed by atoms with E-state index in [9.17, 15) is 9.59 Å². The van der Waals surface area contributed by atoms with Crippen LogP contribution in [0.3, 0.4) is 0 Å². The van der Waals surface area contributed by atoms with Crippen molar-refractivity contribution in [3.8, 4) is 17.5 Å². The van der Waals surface area contributed by atoms with Gasteiger partial charge in [-0.25, -0.2) is 4.52 Å². The number of carbonyl (C=O) groups excluding carboxylic acids is 2. The molecule has 8 heteroatoms. The lowest BCUT2D eigenvalue weighted by atomic mass is 9.80. The van der Waals surface area contributed by atoms with Gasteiger partial charge >= 0.3 is 0 Å². The van der Waals surface area contributed by atoms with Crippen molar-refractivity contribution in [3.63, 3.8) is 0 Å². The van der Waals surface area contributed by atoms with Crippen molar-refractivity contribution in [2.75, 3.05) is 12.4 Å². The van der Waals surface area contributed by atoms with Gasteiger partial charge in [0.15, 0.2) is 0 Å². The molecule has 3 aromatic heterocycles. The first kappa shape index (κ1) is 21.1. The molecule has 33 heavy (non-hydrogen) atoms. The molecule has 3 heterocycles. The Morgan fingerprint density at radius 2 is 1.97 bits per heavy atom. The van der Waals surface area contributed by atoms with E-state index in [1.54, 1.807) is 30.8 Å². The third kappa shape index (κ3) is 3.63. The van der Waals surface area contributed by atoms with Crippen LogP contribution < -0.4 is 10.6 Å². The van der Waals surface area contributed by atoms with Crippen LogP contribution in [0.2, 0.25) is 0 Å². The Morgan fingerprint density at radius 3 is 2.67 bits per heavy atom. The van der Waals surface area contributed by atoms with Crippen molar-refractivity contribution in [3.05, 3.63) is 47.8 Å². The van der Waals surface area contributed by atoms with Gasteiger partial charge in [0.2, 0.25) is 0 Å². The number of nitrogens with zero attached hydrogens (tertiary/aromatic N) is 4. The lowest BCUT2D eigenvalue weighted by Gasteiger charge is -2.30. The number of carbonyl (C=O) groups is 2. The summed E-state index contributed by atoms with van der Waals surface area (Å²) in [5, 5.41) is 19.9. The molecule has 0 radical (unpaired) electrons. The summed E-state index contributed by atoms with van der Waals surface area (Å²) >= 11 is 0. The van der Waals surface area contributed by atoms with Crippen molar-refractivity contribution >= 4 is 22.9 Å². The zero-order valence-electron chi connectivity index (χ0n) is 18.8. The maximum atomic E-state index is 12.6. The maximum absolute atomic E-state index is 12.6. The molecule has 2 N–H and O–H groups in total. The first-order chi connectivity index (χ1) is 15.9. The van der Waals surface area contributed by atoms with Crippen LogP contribution in [0.15, 0.2) is 36.7 Å². The van der Waals surface area contributed by atoms with E-state index in [0.29, 0.717) is 23.2 Å². The SMILES string of the molecule is CNC(=O)c1cnc(-c2ccc3cc(C#N)cnn23)cc1NC12CCC(CC(C)=O)(CC1)C2. The fraction of sp³-hybridized carbons (Fsp3) is 0.400. The molecule has 0 aromatic carbocycles. The summed E-state index contributed by atoms with van der Waals surface area (Å²) < 4.78 is 1.74. The molecular weight excluding hydrogens is 416 g/mol. The number of amides is 1. The number of nitrogens with one attached hydrogen (secondary N) is 2. The highest BCUT2D eigenvalue weighted by atomic mass is 16.1. The average molecular weight is 443 g/mol. The highest BCUT2D eigenvalue weighted by Crippen LogP contribution is 2.59. The van der Waals surface area contributed by atoms with Crippen LogP contribution in [0.5, 0.6) is 0 Å². The summed E-state index contributed by atoms with van der Waals surface area (Å²) in [6.07, 6.45) is 8.73. The number of rotatable bonds is 6. The second-order valence-electron chi connectivity index (χ2n) is 9.57. The minimum Gasteiger partial charge on any atom is -0.379 e. The molecule has 0 aliphatic heterocycles. The number of pyridine rings is 1. The van der Waals surface area contributed by atoms with Crippen LogP contribution in [-0.2, 0) is 4.79 Å². The van der Waals surface area contributed by atoms with Gasteiger partial charge in [-0.2, -0.15) is 10.4 Å². The maximum Gasteiger partial charge on any atom is 0.254 e. The van der Waals surface area contributed by atoms with E-state index in [4.69, 9.17) is 5.26 Å². The van der Waals surface area contributed by atoms with E-state index in [1.165, 1.54) is 6.20 Å². The van der Waals surface area contributed by atoms with E-state index in [1.807, 2.05) is 18.2 Å².